The Morgan fingerprint density at radius 1 is 0.909 bits per heavy atom. The molecular weight excluding hydrogens is 144 g/mol. The van der Waals surface area contributed by atoms with Crippen LogP contribution in [0.4, 0.5) is 0 Å². The van der Waals surface area contributed by atoms with E-state index in [2.05, 4.69) is 0 Å². The van der Waals surface area contributed by atoms with E-state index in [1.165, 1.54) is 0 Å². The lowest BCUT2D eigenvalue weighted by atomic mass is 10.3. The van der Waals surface area contributed by atoms with Gasteiger partial charge in [-0.05, 0) is 0 Å². The summed E-state index contributed by atoms with van der Waals surface area (Å²) in [6.07, 6.45) is 0.769. The molecule has 2 unspecified atom stereocenters. The van der Waals surface area contributed by atoms with Crippen molar-refractivity contribution >= 4 is 0 Å². The molecule has 68 valence electrons. The summed E-state index contributed by atoms with van der Waals surface area (Å²) in [5, 5.41) is 19.8. The summed E-state index contributed by atoms with van der Waals surface area (Å²) >= 11 is 0. The maximum atomic E-state index is 9.90. The van der Waals surface area contributed by atoms with E-state index in [0.29, 0.717) is 0 Å². The summed E-state index contributed by atoms with van der Waals surface area (Å²) in [7, 11) is 0. The minimum atomic E-state index is -0.366. The van der Waals surface area contributed by atoms with E-state index in [1.807, 2.05) is 13.8 Å². The Bertz CT molecular complexity index is 45.3. The van der Waals surface area contributed by atoms with Gasteiger partial charge >= 0.3 is 5.48 Å². The Balaban J connectivity index is -0.000000107. The van der Waals surface area contributed by atoms with Crippen molar-refractivity contribution in [3.63, 3.8) is 0 Å². The first kappa shape index (κ1) is 17.1. The molecule has 0 bridgehead atoms. The average molecular weight is 162 g/mol. The zero-order valence-corrected chi connectivity index (χ0v) is 7.79. The molecule has 0 rings (SSSR count). The molecule has 0 fully saturated rings. The van der Waals surface area contributed by atoms with Gasteiger partial charge < -0.3 is 10.2 Å². The molecule has 0 aromatic rings. The average Bonchev–Trinajstić information content (AvgIpc) is 1.89. The van der Waals surface area contributed by atoms with Crippen LogP contribution < -0.4 is 10.2 Å². The highest BCUT2D eigenvalue weighted by atomic mass is 16.3. The van der Waals surface area contributed by atoms with Crippen LogP contribution in [0.5, 0.6) is 0 Å². The predicted molar refractivity (Wildman–Crippen MR) is 40.2 cm³/mol. The van der Waals surface area contributed by atoms with Gasteiger partial charge in [0.25, 0.3) is 0 Å². The maximum Gasteiger partial charge on any atom is 2.00 e. The van der Waals surface area contributed by atoms with Crippen molar-refractivity contribution in [3.05, 3.63) is 0 Å². The van der Waals surface area contributed by atoms with Gasteiger partial charge in [0.15, 0.2) is 0 Å². The Morgan fingerprint density at radius 3 is 1.00 bits per heavy atom. The molecule has 0 N–H and O–H groups in total. The largest absolute Gasteiger partial charge is 2.00 e. The normalized spacial score (nSPS) is 13.6. The number of hydrogen-bond acceptors (Lipinski definition) is 2. The van der Waals surface area contributed by atoms with E-state index >= 15 is 0 Å². The molecule has 2 atom stereocenters. The molecule has 0 aliphatic heterocycles. The molecule has 0 saturated heterocycles. The van der Waals surface area contributed by atoms with Crippen LogP contribution in [0.25, 0.3) is 0 Å². The molecule has 0 amide bonds. The van der Waals surface area contributed by atoms with Gasteiger partial charge in [-0.15, -0.1) is 12.2 Å². The van der Waals surface area contributed by atoms with Gasteiger partial charge in [-0.1, -0.05) is 40.5 Å². The first-order chi connectivity index (χ1) is 4.54. The second-order valence-corrected chi connectivity index (χ2v) is 2.44. The van der Waals surface area contributed by atoms with Crippen molar-refractivity contribution in [2.75, 3.05) is 0 Å². The van der Waals surface area contributed by atoms with Crippen LogP contribution in [0, 0.1) is 0 Å². The summed E-state index contributed by atoms with van der Waals surface area (Å²) in [6.45, 7) is 7.11. The molecule has 0 heterocycles. The van der Waals surface area contributed by atoms with E-state index in [9.17, 15) is 10.2 Å². The second kappa shape index (κ2) is 12.5. The Hall–Kier alpha value is -0.120. The van der Waals surface area contributed by atoms with Gasteiger partial charge in [-0.25, -0.2) is 0 Å². The predicted octanol–water partition coefficient (Wildman–Crippen LogP) is 0.172. The highest BCUT2D eigenvalue weighted by molar-refractivity contribution is 4.32. The van der Waals surface area contributed by atoms with Crippen LogP contribution in [-0.2, 0) is 5.48 Å². The molecular formula is C8H18O3. The second-order valence-electron chi connectivity index (χ2n) is 2.44. The third-order valence-corrected chi connectivity index (χ3v) is 1.15. The summed E-state index contributed by atoms with van der Waals surface area (Å²) in [5.41, 5.74) is 0. The highest BCUT2D eigenvalue weighted by Gasteiger charge is 2.00. The topological polar surface area (TPSA) is 74.6 Å². The fourth-order valence-corrected chi connectivity index (χ4v) is 0. The van der Waals surface area contributed by atoms with Gasteiger partial charge in [0, 0.05) is 0 Å². The molecule has 0 saturated carbocycles. The summed E-state index contributed by atoms with van der Waals surface area (Å²) in [6, 6.07) is 0. The SMILES string of the molecule is CCC(C)[O-].CCC(C)[O-].[O+2]. The van der Waals surface area contributed by atoms with Crippen LogP contribution in [0.3, 0.4) is 0 Å². The Kier molecular flexibility index (Phi) is 19.5. The van der Waals surface area contributed by atoms with Crippen molar-refractivity contribution < 1.29 is 15.7 Å². The van der Waals surface area contributed by atoms with Gasteiger partial charge in [-0.3, -0.25) is 0 Å². The lowest BCUT2D eigenvalue weighted by Crippen LogP contribution is -2.18. The fourth-order valence-electron chi connectivity index (χ4n) is 0. The van der Waals surface area contributed by atoms with Crippen LogP contribution in [0.15, 0.2) is 0 Å². The minimum Gasteiger partial charge on any atom is -0.852 e. The van der Waals surface area contributed by atoms with Gasteiger partial charge in [0.2, 0.25) is 0 Å². The van der Waals surface area contributed by atoms with E-state index in [0.717, 1.165) is 12.8 Å². The molecule has 0 aromatic heterocycles. The zero-order chi connectivity index (χ0) is 8.57. The zero-order valence-electron chi connectivity index (χ0n) is 7.79. The van der Waals surface area contributed by atoms with E-state index in [-0.39, 0.29) is 17.7 Å². The molecule has 3 heteroatoms. The van der Waals surface area contributed by atoms with Crippen LogP contribution >= 0.6 is 0 Å². The van der Waals surface area contributed by atoms with Crippen molar-refractivity contribution in [3.8, 4) is 0 Å². The third-order valence-electron chi connectivity index (χ3n) is 1.15. The quantitative estimate of drug-likeness (QED) is 0.580. The lowest BCUT2D eigenvalue weighted by Gasteiger charge is -2.09. The lowest BCUT2D eigenvalue weighted by molar-refractivity contribution is -0.414. The summed E-state index contributed by atoms with van der Waals surface area (Å²) < 4.78 is 0. The van der Waals surface area contributed by atoms with Crippen molar-refractivity contribution in [2.24, 2.45) is 0 Å². The molecule has 3 nitrogen and oxygen atoms in total. The molecule has 0 aromatic carbocycles. The smallest absolute Gasteiger partial charge is 0.852 e. The summed E-state index contributed by atoms with van der Waals surface area (Å²) in [5.74, 6) is 0. The van der Waals surface area contributed by atoms with Crippen molar-refractivity contribution in [1.82, 2.24) is 0 Å². The van der Waals surface area contributed by atoms with E-state index in [4.69, 9.17) is 0 Å². The van der Waals surface area contributed by atoms with Crippen LogP contribution in [0.2, 0.25) is 0 Å². The number of hydrogen-bond donors (Lipinski definition) is 0. The van der Waals surface area contributed by atoms with E-state index < -0.39 is 0 Å². The highest BCUT2D eigenvalue weighted by Crippen LogP contribution is 1.76. The summed E-state index contributed by atoms with van der Waals surface area (Å²) in [4.78, 5) is 0. The molecule has 0 spiro atoms. The van der Waals surface area contributed by atoms with Crippen LogP contribution in [-0.4, -0.2) is 12.2 Å². The Morgan fingerprint density at radius 2 is 1.00 bits per heavy atom. The van der Waals surface area contributed by atoms with Gasteiger partial charge in [0.05, 0.1) is 0 Å². The van der Waals surface area contributed by atoms with E-state index in [1.54, 1.807) is 13.8 Å². The molecule has 0 aliphatic rings. The molecule has 0 aliphatic carbocycles. The van der Waals surface area contributed by atoms with Crippen molar-refractivity contribution in [2.45, 2.75) is 52.7 Å². The van der Waals surface area contributed by atoms with Gasteiger partial charge in [-0.2, -0.15) is 0 Å². The first-order valence-electron chi connectivity index (χ1n) is 3.86. The van der Waals surface area contributed by atoms with Gasteiger partial charge in [0.1, 0.15) is 0 Å². The minimum absolute atomic E-state index is 0. The molecule has 11 heavy (non-hydrogen) atoms. The number of rotatable bonds is 2. The monoisotopic (exact) mass is 162 g/mol. The molecule has 4 radical (unpaired) electrons. The fraction of sp³-hybridized carbons (Fsp3) is 1.00. The standard InChI is InChI=1S/2C4H9O.O/c2*1-3-4(2)5;/h2*4H,3H2,1-2H3;/q2*-1;+2. The maximum absolute atomic E-state index is 9.90. The van der Waals surface area contributed by atoms with Crippen molar-refractivity contribution in [1.29, 1.82) is 0 Å². The first-order valence-corrected chi connectivity index (χ1v) is 3.86. The Labute approximate surface area is 69.4 Å². The van der Waals surface area contributed by atoms with Crippen LogP contribution in [0.1, 0.15) is 40.5 Å². The third kappa shape index (κ3) is 40.8.